The number of anilines is 2. The maximum Gasteiger partial charge on any atom is 0.163 e. The molecule has 3 aromatic rings. The number of aryl methyl sites for hydroxylation is 1. The highest BCUT2D eigenvalue weighted by Crippen LogP contribution is 2.28. The van der Waals surface area contributed by atoms with Gasteiger partial charge in [0.1, 0.15) is 11.6 Å². The molecule has 4 rings (SSSR count). The predicted octanol–water partition coefficient (Wildman–Crippen LogP) is 3.48. The summed E-state index contributed by atoms with van der Waals surface area (Å²) < 4.78 is 1.83. The number of aromatic nitrogens is 4. The second kappa shape index (κ2) is 7.70. The number of Topliss-reactive ketones (excluding diaryl/α,β-unsaturated/α-hetero) is 1. The summed E-state index contributed by atoms with van der Waals surface area (Å²) >= 11 is 0. The van der Waals surface area contributed by atoms with Crippen LogP contribution in [0.2, 0.25) is 0 Å². The number of ketones is 1. The molecule has 3 heterocycles. The van der Waals surface area contributed by atoms with Crippen LogP contribution < -0.4 is 9.80 Å². The van der Waals surface area contributed by atoms with E-state index in [4.69, 9.17) is 9.97 Å². The summed E-state index contributed by atoms with van der Waals surface area (Å²) in [5.74, 6) is 1.96. The van der Waals surface area contributed by atoms with Crippen LogP contribution >= 0.6 is 0 Å². The quantitative estimate of drug-likeness (QED) is 0.618. The molecule has 0 amide bonds. The summed E-state index contributed by atoms with van der Waals surface area (Å²) in [5, 5.41) is 5.43. The average Bonchev–Trinajstić information content (AvgIpc) is 3.07. The molecule has 0 unspecified atom stereocenters. The lowest BCUT2D eigenvalue weighted by Crippen LogP contribution is -2.47. The molecule has 0 spiro atoms. The summed E-state index contributed by atoms with van der Waals surface area (Å²) in [4.78, 5) is 26.0. The summed E-state index contributed by atoms with van der Waals surface area (Å²) in [6.07, 6.45) is 2.70. The Morgan fingerprint density at radius 2 is 1.63 bits per heavy atom. The second-order valence-corrected chi connectivity index (χ2v) is 9.28. The third kappa shape index (κ3) is 4.15. The van der Waals surface area contributed by atoms with Crippen LogP contribution in [0.15, 0.2) is 30.5 Å². The van der Waals surface area contributed by atoms with E-state index in [0.29, 0.717) is 0 Å². The molecule has 1 aliphatic rings. The largest absolute Gasteiger partial charge is 0.368 e. The Kier molecular flexibility index (Phi) is 5.22. The van der Waals surface area contributed by atoms with E-state index < -0.39 is 0 Å². The Balaban J connectivity index is 1.56. The zero-order valence-electron chi connectivity index (χ0n) is 18.5. The molecule has 7 heteroatoms. The number of piperazine rings is 1. The number of fused-ring (bicyclic) bond motifs is 1. The molecule has 1 aromatic carbocycles. The fraction of sp³-hybridized carbons (Fsp3) is 0.478. The maximum absolute atomic E-state index is 11.5. The molecule has 1 aliphatic heterocycles. The van der Waals surface area contributed by atoms with Crippen LogP contribution in [0, 0.1) is 5.41 Å². The van der Waals surface area contributed by atoms with Gasteiger partial charge in [-0.1, -0.05) is 20.8 Å². The topological polar surface area (TPSA) is 67.2 Å². The van der Waals surface area contributed by atoms with Gasteiger partial charge in [-0.15, -0.1) is 0 Å². The number of hydrogen-bond acceptors (Lipinski definition) is 6. The molecule has 0 aliphatic carbocycles. The lowest BCUT2D eigenvalue weighted by molar-refractivity contribution is 0.101. The normalized spacial score (nSPS) is 15.1. The number of hydrogen-bond donors (Lipinski definition) is 0. The van der Waals surface area contributed by atoms with Gasteiger partial charge in [-0.3, -0.25) is 9.48 Å². The van der Waals surface area contributed by atoms with Crippen molar-refractivity contribution in [1.82, 2.24) is 19.7 Å². The highest BCUT2D eigenvalue weighted by molar-refractivity contribution is 5.94. The summed E-state index contributed by atoms with van der Waals surface area (Å²) in [7, 11) is 1.93. The molecule has 158 valence electrons. The van der Waals surface area contributed by atoms with Gasteiger partial charge in [-0.2, -0.15) is 5.10 Å². The van der Waals surface area contributed by atoms with Crippen LogP contribution in [0.3, 0.4) is 0 Å². The van der Waals surface area contributed by atoms with Gasteiger partial charge in [0.25, 0.3) is 0 Å². The van der Waals surface area contributed by atoms with Gasteiger partial charge in [-0.05, 0) is 36.6 Å². The van der Waals surface area contributed by atoms with Crippen LogP contribution in [0.4, 0.5) is 11.5 Å². The van der Waals surface area contributed by atoms with Gasteiger partial charge in [0, 0.05) is 50.9 Å². The van der Waals surface area contributed by atoms with Gasteiger partial charge >= 0.3 is 0 Å². The van der Waals surface area contributed by atoms with Crippen molar-refractivity contribution in [2.75, 3.05) is 36.0 Å². The summed E-state index contributed by atoms with van der Waals surface area (Å²) in [6.45, 7) is 11.8. The number of carbonyl (C=O) groups excluding carboxylic acids is 1. The summed E-state index contributed by atoms with van der Waals surface area (Å²) in [5.41, 5.74) is 2.92. The van der Waals surface area contributed by atoms with Crippen LogP contribution in [0.25, 0.3) is 11.0 Å². The molecule has 30 heavy (non-hydrogen) atoms. The first kappa shape index (κ1) is 20.3. The standard InChI is InChI=1S/C23H30N6O/c1-16(30)17-6-8-18(9-7-17)28-10-12-29(13-11-28)22-19-15-24-27(5)21(19)25-20(26-22)14-23(2,3)4/h6-9,15H,10-14H2,1-5H3. The molecule has 7 nitrogen and oxygen atoms in total. The SMILES string of the molecule is CC(=O)c1ccc(N2CCN(c3nc(CC(C)(C)C)nc4c3cnn4C)CC2)cc1. The number of nitrogens with zero attached hydrogens (tertiary/aromatic N) is 6. The molecule has 0 radical (unpaired) electrons. The molecular formula is C23H30N6O. The van der Waals surface area contributed by atoms with E-state index in [1.807, 2.05) is 42.2 Å². The number of carbonyl (C=O) groups is 1. The van der Waals surface area contributed by atoms with Crippen LogP contribution in [0.1, 0.15) is 43.9 Å². The second-order valence-electron chi connectivity index (χ2n) is 9.28. The van der Waals surface area contributed by atoms with E-state index >= 15 is 0 Å². The van der Waals surface area contributed by atoms with E-state index in [-0.39, 0.29) is 11.2 Å². The predicted molar refractivity (Wildman–Crippen MR) is 120 cm³/mol. The van der Waals surface area contributed by atoms with Gasteiger partial charge in [0.15, 0.2) is 11.4 Å². The van der Waals surface area contributed by atoms with Crippen LogP contribution in [-0.2, 0) is 13.5 Å². The van der Waals surface area contributed by atoms with Crippen molar-refractivity contribution >= 4 is 28.3 Å². The average molecular weight is 407 g/mol. The van der Waals surface area contributed by atoms with Crippen molar-refractivity contribution in [3.05, 3.63) is 41.9 Å². The molecule has 2 aromatic heterocycles. The monoisotopic (exact) mass is 406 g/mol. The van der Waals surface area contributed by atoms with E-state index in [1.165, 1.54) is 0 Å². The molecule has 0 N–H and O–H groups in total. The smallest absolute Gasteiger partial charge is 0.163 e. The molecule has 1 saturated heterocycles. The van der Waals surface area contributed by atoms with Crippen LogP contribution in [-0.4, -0.2) is 51.7 Å². The van der Waals surface area contributed by atoms with Gasteiger partial charge in [0.05, 0.1) is 11.6 Å². The van der Waals surface area contributed by atoms with Gasteiger partial charge < -0.3 is 9.80 Å². The first-order valence-corrected chi connectivity index (χ1v) is 10.5. The van der Waals surface area contributed by atoms with Crippen molar-refractivity contribution in [3.63, 3.8) is 0 Å². The minimum Gasteiger partial charge on any atom is -0.368 e. The molecular weight excluding hydrogens is 376 g/mol. The minimum absolute atomic E-state index is 0.0988. The maximum atomic E-state index is 11.5. The molecule has 0 atom stereocenters. The lowest BCUT2D eigenvalue weighted by Gasteiger charge is -2.37. The van der Waals surface area contributed by atoms with Crippen LogP contribution in [0.5, 0.6) is 0 Å². The van der Waals surface area contributed by atoms with Gasteiger partial charge in [-0.25, -0.2) is 9.97 Å². The fourth-order valence-electron chi connectivity index (χ4n) is 3.93. The van der Waals surface area contributed by atoms with E-state index in [1.54, 1.807) is 6.92 Å². The van der Waals surface area contributed by atoms with Crippen molar-refractivity contribution in [3.8, 4) is 0 Å². The minimum atomic E-state index is 0.0988. The Labute approximate surface area is 177 Å². The fourth-order valence-corrected chi connectivity index (χ4v) is 3.93. The highest BCUT2D eigenvalue weighted by atomic mass is 16.1. The first-order valence-electron chi connectivity index (χ1n) is 10.5. The third-order valence-electron chi connectivity index (χ3n) is 5.52. The van der Waals surface area contributed by atoms with E-state index in [9.17, 15) is 4.79 Å². The summed E-state index contributed by atoms with van der Waals surface area (Å²) in [6, 6.07) is 7.90. The first-order chi connectivity index (χ1) is 14.2. The zero-order chi connectivity index (χ0) is 21.5. The van der Waals surface area contributed by atoms with Crippen molar-refractivity contribution < 1.29 is 4.79 Å². The third-order valence-corrected chi connectivity index (χ3v) is 5.52. The number of benzene rings is 1. The molecule has 0 saturated carbocycles. The van der Waals surface area contributed by atoms with Crippen molar-refractivity contribution in [2.24, 2.45) is 12.5 Å². The number of rotatable bonds is 4. The highest BCUT2D eigenvalue weighted by Gasteiger charge is 2.24. The lowest BCUT2D eigenvalue weighted by atomic mass is 9.92. The van der Waals surface area contributed by atoms with Gasteiger partial charge in [0.2, 0.25) is 0 Å². The molecule has 0 bridgehead atoms. The molecule has 1 fully saturated rings. The van der Waals surface area contributed by atoms with Crippen molar-refractivity contribution in [1.29, 1.82) is 0 Å². The zero-order valence-corrected chi connectivity index (χ0v) is 18.5. The Bertz CT molecular complexity index is 1060. The Morgan fingerprint density at radius 1 is 1.00 bits per heavy atom. The van der Waals surface area contributed by atoms with E-state index in [0.717, 1.165) is 66.5 Å². The Hall–Kier alpha value is -2.96. The van der Waals surface area contributed by atoms with Crippen molar-refractivity contribution in [2.45, 2.75) is 34.1 Å². The van der Waals surface area contributed by atoms with E-state index in [2.05, 4.69) is 35.7 Å². The Morgan fingerprint density at radius 3 is 2.23 bits per heavy atom.